The van der Waals surface area contributed by atoms with E-state index in [0.29, 0.717) is 6.42 Å². The van der Waals surface area contributed by atoms with E-state index < -0.39 is 0 Å². The summed E-state index contributed by atoms with van der Waals surface area (Å²) in [5.74, 6) is 0. The number of urea groups is 1. The van der Waals surface area contributed by atoms with Crippen LogP contribution in [0, 0.1) is 6.92 Å². The summed E-state index contributed by atoms with van der Waals surface area (Å²) in [4.78, 5) is 11.9. The molecule has 0 spiro atoms. The zero-order chi connectivity index (χ0) is 15.1. The van der Waals surface area contributed by atoms with Crippen molar-refractivity contribution >= 4 is 11.7 Å². The number of aliphatic hydroxyl groups excluding tert-OH is 1. The lowest BCUT2D eigenvalue weighted by molar-refractivity contribution is 0.224. The summed E-state index contributed by atoms with van der Waals surface area (Å²) >= 11 is 0. The number of aliphatic hydroxyl groups is 1. The summed E-state index contributed by atoms with van der Waals surface area (Å²) < 4.78 is 0. The number of nitrogens with one attached hydrogen (secondary N) is 2. The lowest BCUT2D eigenvalue weighted by Crippen LogP contribution is -2.41. The van der Waals surface area contributed by atoms with E-state index in [1.54, 1.807) is 0 Å². The first-order chi connectivity index (χ1) is 10.2. The van der Waals surface area contributed by atoms with E-state index >= 15 is 0 Å². The van der Waals surface area contributed by atoms with Gasteiger partial charge in [0.05, 0.1) is 12.6 Å². The summed E-state index contributed by atoms with van der Waals surface area (Å²) in [6.07, 6.45) is 0.596. The summed E-state index contributed by atoms with van der Waals surface area (Å²) in [6.45, 7) is 1.87. The molecule has 0 fully saturated rings. The second kappa shape index (κ2) is 7.45. The summed E-state index contributed by atoms with van der Waals surface area (Å²) in [6, 6.07) is 16.7. The van der Waals surface area contributed by atoms with Crippen LogP contribution in [0.5, 0.6) is 0 Å². The molecule has 0 saturated heterocycles. The van der Waals surface area contributed by atoms with Crippen LogP contribution in [0.15, 0.2) is 54.6 Å². The molecule has 2 amide bonds. The van der Waals surface area contributed by atoms with Gasteiger partial charge >= 0.3 is 6.03 Å². The van der Waals surface area contributed by atoms with Crippen LogP contribution in [0.3, 0.4) is 0 Å². The third-order valence-electron chi connectivity index (χ3n) is 3.16. The van der Waals surface area contributed by atoms with E-state index in [0.717, 1.165) is 16.8 Å². The van der Waals surface area contributed by atoms with Gasteiger partial charge in [-0.15, -0.1) is 0 Å². The quantitative estimate of drug-likeness (QED) is 0.790. The van der Waals surface area contributed by atoms with E-state index in [1.165, 1.54) is 0 Å². The predicted octanol–water partition coefficient (Wildman–Crippen LogP) is 2.72. The van der Waals surface area contributed by atoms with Gasteiger partial charge in [-0.1, -0.05) is 42.5 Å². The predicted molar refractivity (Wildman–Crippen MR) is 84.4 cm³/mol. The van der Waals surface area contributed by atoms with E-state index in [2.05, 4.69) is 10.6 Å². The van der Waals surface area contributed by atoms with Gasteiger partial charge in [-0.3, -0.25) is 0 Å². The molecule has 2 aromatic carbocycles. The number of hydrogen-bond acceptors (Lipinski definition) is 2. The van der Waals surface area contributed by atoms with Crippen LogP contribution in [0.4, 0.5) is 10.5 Å². The number of rotatable bonds is 5. The first-order valence-corrected chi connectivity index (χ1v) is 6.96. The second-order valence-corrected chi connectivity index (χ2v) is 5.04. The minimum Gasteiger partial charge on any atom is -0.394 e. The standard InChI is InChI=1S/C17H20N2O2/c1-13-6-5-9-15(10-13)18-17(21)19-16(12-20)11-14-7-3-2-4-8-14/h2-10,16,20H,11-12H2,1H3,(H2,18,19,21). The number of anilines is 1. The molecule has 0 saturated carbocycles. The minimum atomic E-state index is -0.310. The van der Waals surface area contributed by atoms with Crippen LogP contribution in [0.1, 0.15) is 11.1 Å². The third-order valence-corrected chi connectivity index (χ3v) is 3.16. The highest BCUT2D eigenvalue weighted by Gasteiger charge is 2.12. The largest absolute Gasteiger partial charge is 0.394 e. The maximum absolute atomic E-state index is 11.9. The molecule has 1 unspecified atom stereocenters. The van der Waals surface area contributed by atoms with E-state index in [-0.39, 0.29) is 18.7 Å². The maximum Gasteiger partial charge on any atom is 0.319 e. The molecule has 110 valence electrons. The van der Waals surface area contributed by atoms with Gasteiger partial charge in [0.25, 0.3) is 0 Å². The molecule has 0 aliphatic carbocycles. The number of carbonyl (C=O) groups is 1. The number of benzene rings is 2. The van der Waals surface area contributed by atoms with Gasteiger partial charge in [-0.05, 0) is 36.6 Å². The molecule has 21 heavy (non-hydrogen) atoms. The fraction of sp³-hybridized carbons (Fsp3) is 0.235. The van der Waals surface area contributed by atoms with Crippen LogP contribution >= 0.6 is 0 Å². The van der Waals surface area contributed by atoms with Crippen molar-refractivity contribution in [1.82, 2.24) is 5.32 Å². The van der Waals surface area contributed by atoms with E-state index in [4.69, 9.17) is 0 Å². The summed E-state index contributed by atoms with van der Waals surface area (Å²) in [5, 5.41) is 15.0. The molecule has 0 aliphatic heterocycles. The van der Waals surface area contributed by atoms with Crippen molar-refractivity contribution in [3.63, 3.8) is 0 Å². The Labute approximate surface area is 124 Å². The van der Waals surface area contributed by atoms with E-state index in [1.807, 2.05) is 61.5 Å². The lowest BCUT2D eigenvalue weighted by Gasteiger charge is -2.17. The van der Waals surface area contributed by atoms with Gasteiger partial charge in [-0.25, -0.2) is 4.79 Å². The molecule has 1 atom stereocenters. The molecule has 0 aromatic heterocycles. The SMILES string of the molecule is Cc1cccc(NC(=O)NC(CO)Cc2ccccc2)c1. The summed E-state index contributed by atoms with van der Waals surface area (Å²) in [5.41, 5.74) is 2.90. The minimum absolute atomic E-state index is 0.101. The Morgan fingerprint density at radius 1 is 1.14 bits per heavy atom. The Kier molecular flexibility index (Phi) is 5.35. The zero-order valence-electron chi connectivity index (χ0n) is 12.0. The Morgan fingerprint density at radius 2 is 1.90 bits per heavy atom. The topological polar surface area (TPSA) is 61.4 Å². The lowest BCUT2D eigenvalue weighted by atomic mass is 10.1. The molecule has 2 rings (SSSR count). The van der Waals surface area contributed by atoms with E-state index in [9.17, 15) is 9.90 Å². The fourth-order valence-corrected chi connectivity index (χ4v) is 2.14. The number of aryl methyl sites for hydroxylation is 1. The van der Waals surface area contributed by atoms with Crippen molar-refractivity contribution in [2.24, 2.45) is 0 Å². The first kappa shape index (κ1) is 15.1. The van der Waals surface area contributed by atoms with Gasteiger partial charge in [0.15, 0.2) is 0 Å². The molecule has 0 radical (unpaired) electrons. The molecule has 2 aromatic rings. The highest BCUT2D eigenvalue weighted by Crippen LogP contribution is 2.09. The number of carbonyl (C=O) groups excluding carboxylic acids is 1. The van der Waals surface area contributed by atoms with Crippen LogP contribution in [0.2, 0.25) is 0 Å². The van der Waals surface area contributed by atoms with Crippen molar-refractivity contribution < 1.29 is 9.90 Å². The van der Waals surface area contributed by atoms with Gasteiger partial charge in [0, 0.05) is 5.69 Å². The van der Waals surface area contributed by atoms with Crippen LogP contribution in [0.25, 0.3) is 0 Å². The van der Waals surface area contributed by atoms with Gasteiger partial charge < -0.3 is 15.7 Å². The zero-order valence-corrected chi connectivity index (χ0v) is 12.0. The van der Waals surface area contributed by atoms with Gasteiger partial charge in [0.1, 0.15) is 0 Å². The van der Waals surface area contributed by atoms with Crippen LogP contribution < -0.4 is 10.6 Å². The smallest absolute Gasteiger partial charge is 0.319 e. The van der Waals surface area contributed by atoms with Crippen LogP contribution in [-0.2, 0) is 6.42 Å². The third kappa shape index (κ3) is 4.93. The Bertz CT molecular complexity index is 584. The molecular weight excluding hydrogens is 264 g/mol. The Hall–Kier alpha value is -2.33. The van der Waals surface area contributed by atoms with Crippen molar-refractivity contribution in [2.75, 3.05) is 11.9 Å². The average Bonchev–Trinajstić information content (AvgIpc) is 2.47. The normalized spacial score (nSPS) is 11.7. The molecule has 3 N–H and O–H groups in total. The molecule has 0 heterocycles. The van der Waals surface area contributed by atoms with Crippen LogP contribution in [-0.4, -0.2) is 23.8 Å². The monoisotopic (exact) mass is 284 g/mol. The van der Waals surface area contributed by atoms with Gasteiger partial charge in [0.2, 0.25) is 0 Å². The average molecular weight is 284 g/mol. The van der Waals surface area contributed by atoms with Crippen molar-refractivity contribution in [3.8, 4) is 0 Å². The number of amides is 2. The molecule has 4 nitrogen and oxygen atoms in total. The first-order valence-electron chi connectivity index (χ1n) is 6.96. The highest BCUT2D eigenvalue weighted by atomic mass is 16.3. The van der Waals surface area contributed by atoms with Crippen molar-refractivity contribution in [2.45, 2.75) is 19.4 Å². The van der Waals surface area contributed by atoms with Gasteiger partial charge in [-0.2, -0.15) is 0 Å². The molecular formula is C17H20N2O2. The number of hydrogen-bond donors (Lipinski definition) is 3. The second-order valence-electron chi connectivity index (χ2n) is 5.04. The highest BCUT2D eigenvalue weighted by molar-refractivity contribution is 5.89. The van der Waals surface area contributed by atoms with Crippen molar-refractivity contribution in [1.29, 1.82) is 0 Å². The maximum atomic E-state index is 11.9. The molecule has 0 aliphatic rings. The summed E-state index contributed by atoms with van der Waals surface area (Å²) in [7, 11) is 0. The molecule has 4 heteroatoms. The Morgan fingerprint density at radius 3 is 2.57 bits per heavy atom. The molecule has 0 bridgehead atoms. The fourth-order valence-electron chi connectivity index (χ4n) is 2.14. The van der Waals surface area contributed by atoms with Crippen molar-refractivity contribution in [3.05, 3.63) is 65.7 Å². The Balaban J connectivity index is 1.90.